The van der Waals surface area contributed by atoms with Crippen LogP contribution in [-0.2, 0) is 13.1 Å². The van der Waals surface area contributed by atoms with Crippen molar-refractivity contribution in [3.63, 3.8) is 0 Å². The van der Waals surface area contributed by atoms with Crippen molar-refractivity contribution in [1.82, 2.24) is 18.7 Å². The summed E-state index contributed by atoms with van der Waals surface area (Å²) in [5.74, 6) is -1.11. The standard InChI is InChI=1S/C22H17ClF2N4O2/c23-15-4-7-17(8-5-15)29-20-19(21(30)28(22(29)31)10-13-1-2-13)27(12-26-20)11-14-3-6-16(24)9-18(14)25/h3-9,12-13H,1-2,10-11H2. The van der Waals surface area contributed by atoms with Gasteiger partial charge in [-0.15, -0.1) is 0 Å². The number of nitrogens with zero attached hydrogens (tertiary/aromatic N) is 4. The summed E-state index contributed by atoms with van der Waals surface area (Å²) < 4.78 is 31.6. The summed E-state index contributed by atoms with van der Waals surface area (Å²) >= 11 is 5.99. The molecule has 0 unspecified atom stereocenters. The fraction of sp³-hybridized carbons (Fsp3) is 0.227. The molecule has 0 saturated heterocycles. The van der Waals surface area contributed by atoms with E-state index in [-0.39, 0.29) is 29.2 Å². The molecule has 2 aromatic heterocycles. The first kappa shape index (κ1) is 19.7. The first-order chi connectivity index (χ1) is 14.9. The number of hydrogen-bond acceptors (Lipinski definition) is 3. The number of hydrogen-bond donors (Lipinski definition) is 0. The van der Waals surface area contributed by atoms with Crippen molar-refractivity contribution in [2.45, 2.75) is 25.9 Å². The number of rotatable bonds is 5. The maximum atomic E-state index is 14.2. The summed E-state index contributed by atoms with van der Waals surface area (Å²) in [7, 11) is 0. The largest absolute Gasteiger partial charge is 0.337 e. The molecule has 0 spiro atoms. The van der Waals surface area contributed by atoms with Crippen molar-refractivity contribution >= 4 is 22.8 Å². The highest BCUT2D eigenvalue weighted by Gasteiger charge is 2.26. The molecule has 0 radical (unpaired) electrons. The summed E-state index contributed by atoms with van der Waals surface area (Å²) in [5, 5.41) is 0.511. The Morgan fingerprint density at radius 3 is 2.48 bits per heavy atom. The second kappa shape index (κ2) is 7.46. The minimum atomic E-state index is -0.717. The van der Waals surface area contributed by atoms with Crippen molar-refractivity contribution in [1.29, 1.82) is 0 Å². The van der Waals surface area contributed by atoms with Crippen molar-refractivity contribution in [2.75, 3.05) is 0 Å². The lowest BCUT2D eigenvalue weighted by atomic mass is 10.2. The van der Waals surface area contributed by atoms with E-state index in [2.05, 4.69) is 4.98 Å². The molecule has 5 rings (SSSR count). The average molecular weight is 443 g/mol. The van der Waals surface area contributed by atoms with Gasteiger partial charge in [-0.1, -0.05) is 17.7 Å². The molecule has 0 aliphatic heterocycles. The Morgan fingerprint density at radius 2 is 1.81 bits per heavy atom. The van der Waals surface area contributed by atoms with Crippen LogP contribution in [0.25, 0.3) is 16.9 Å². The fourth-order valence-corrected chi connectivity index (χ4v) is 3.80. The number of halogens is 3. The number of fused-ring (bicyclic) bond motifs is 1. The lowest BCUT2D eigenvalue weighted by molar-refractivity contribution is 0.562. The van der Waals surface area contributed by atoms with Crippen molar-refractivity contribution < 1.29 is 8.78 Å². The second-order valence-corrected chi connectivity index (χ2v) is 8.17. The van der Waals surface area contributed by atoms with Gasteiger partial charge in [-0.05, 0) is 49.1 Å². The van der Waals surface area contributed by atoms with Crippen molar-refractivity contribution in [3.8, 4) is 5.69 Å². The summed E-state index contributed by atoms with van der Waals surface area (Å²) in [6, 6.07) is 9.93. The molecule has 1 fully saturated rings. The Bertz CT molecular complexity index is 1420. The van der Waals surface area contributed by atoms with Crippen LogP contribution in [0.5, 0.6) is 0 Å². The topological polar surface area (TPSA) is 61.8 Å². The van der Waals surface area contributed by atoms with Gasteiger partial charge >= 0.3 is 5.69 Å². The zero-order chi connectivity index (χ0) is 21.7. The quantitative estimate of drug-likeness (QED) is 0.473. The summed E-state index contributed by atoms with van der Waals surface area (Å²) in [6.45, 7) is 0.289. The molecule has 0 N–H and O–H groups in total. The molecule has 158 valence electrons. The Balaban J connectivity index is 1.74. The van der Waals surface area contributed by atoms with E-state index in [1.807, 2.05) is 0 Å². The third kappa shape index (κ3) is 3.57. The average Bonchev–Trinajstić information content (AvgIpc) is 3.47. The predicted octanol–water partition coefficient (Wildman–Crippen LogP) is 3.74. The lowest BCUT2D eigenvalue weighted by Crippen LogP contribution is -2.40. The van der Waals surface area contributed by atoms with E-state index in [1.165, 1.54) is 26.1 Å². The van der Waals surface area contributed by atoms with Gasteiger partial charge < -0.3 is 4.57 Å². The number of benzene rings is 2. The Kier molecular flexibility index (Phi) is 4.74. The SMILES string of the molecule is O=c1c2c(ncn2Cc2ccc(F)cc2F)n(-c2ccc(Cl)cc2)c(=O)n1CC1CC1. The van der Waals surface area contributed by atoms with Gasteiger partial charge in [-0.3, -0.25) is 9.36 Å². The molecule has 1 aliphatic carbocycles. The van der Waals surface area contributed by atoms with Crippen LogP contribution in [0.3, 0.4) is 0 Å². The van der Waals surface area contributed by atoms with Gasteiger partial charge in [0, 0.05) is 23.2 Å². The molecule has 0 atom stereocenters. The molecular formula is C22H17ClF2N4O2. The normalized spacial score (nSPS) is 13.8. The second-order valence-electron chi connectivity index (χ2n) is 7.73. The van der Waals surface area contributed by atoms with Crippen LogP contribution in [0, 0.1) is 17.6 Å². The number of aromatic nitrogens is 4. The van der Waals surface area contributed by atoms with Gasteiger partial charge in [0.1, 0.15) is 11.6 Å². The molecule has 9 heteroatoms. The van der Waals surface area contributed by atoms with E-state index >= 15 is 0 Å². The van der Waals surface area contributed by atoms with E-state index in [4.69, 9.17) is 11.6 Å². The molecule has 0 amide bonds. The van der Waals surface area contributed by atoms with E-state index in [9.17, 15) is 18.4 Å². The smallest absolute Gasteiger partial charge is 0.320 e. The molecule has 2 heterocycles. The highest BCUT2D eigenvalue weighted by Crippen LogP contribution is 2.30. The minimum Gasteiger partial charge on any atom is -0.320 e. The predicted molar refractivity (Wildman–Crippen MR) is 113 cm³/mol. The first-order valence-electron chi connectivity index (χ1n) is 9.83. The van der Waals surface area contributed by atoms with E-state index < -0.39 is 22.9 Å². The van der Waals surface area contributed by atoms with Gasteiger partial charge in [-0.2, -0.15) is 0 Å². The molecular weight excluding hydrogens is 426 g/mol. The summed E-state index contributed by atoms with van der Waals surface area (Å²) in [6.07, 6.45) is 3.32. The third-order valence-corrected chi connectivity index (χ3v) is 5.73. The molecule has 6 nitrogen and oxygen atoms in total. The summed E-state index contributed by atoms with van der Waals surface area (Å²) in [4.78, 5) is 30.8. The minimum absolute atomic E-state index is 0.0277. The third-order valence-electron chi connectivity index (χ3n) is 5.48. The van der Waals surface area contributed by atoms with E-state index in [0.29, 0.717) is 17.3 Å². The van der Waals surface area contributed by atoms with Gasteiger partial charge in [0.25, 0.3) is 5.56 Å². The lowest BCUT2D eigenvalue weighted by Gasteiger charge is -2.13. The zero-order valence-electron chi connectivity index (χ0n) is 16.3. The van der Waals surface area contributed by atoms with E-state index in [1.54, 1.807) is 24.3 Å². The van der Waals surface area contributed by atoms with Crippen LogP contribution in [-0.4, -0.2) is 18.7 Å². The highest BCUT2D eigenvalue weighted by molar-refractivity contribution is 6.30. The van der Waals surface area contributed by atoms with Crippen LogP contribution in [0.4, 0.5) is 8.78 Å². The maximum Gasteiger partial charge on any atom is 0.337 e. The number of imidazole rings is 1. The monoisotopic (exact) mass is 442 g/mol. The molecule has 31 heavy (non-hydrogen) atoms. The Morgan fingerprint density at radius 1 is 1.06 bits per heavy atom. The van der Waals surface area contributed by atoms with Crippen molar-refractivity contribution in [3.05, 3.63) is 91.9 Å². The Labute approximate surface area is 180 Å². The maximum absolute atomic E-state index is 14.2. The van der Waals surface area contributed by atoms with Crippen LogP contribution >= 0.6 is 11.6 Å². The molecule has 4 aromatic rings. The highest BCUT2D eigenvalue weighted by atomic mass is 35.5. The van der Waals surface area contributed by atoms with Crippen molar-refractivity contribution in [2.24, 2.45) is 5.92 Å². The fourth-order valence-electron chi connectivity index (χ4n) is 3.68. The summed E-state index contributed by atoms with van der Waals surface area (Å²) in [5.41, 5.74) is 0.119. The zero-order valence-corrected chi connectivity index (χ0v) is 17.0. The molecule has 1 aliphatic rings. The molecule has 1 saturated carbocycles. The van der Waals surface area contributed by atoms with Crippen LogP contribution < -0.4 is 11.2 Å². The van der Waals surface area contributed by atoms with Crippen LogP contribution in [0.2, 0.25) is 5.02 Å². The van der Waals surface area contributed by atoms with Gasteiger partial charge in [0.15, 0.2) is 11.2 Å². The first-order valence-corrected chi connectivity index (χ1v) is 10.2. The van der Waals surface area contributed by atoms with E-state index in [0.717, 1.165) is 25.0 Å². The van der Waals surface area contributed by atoms with Crippen LogP contribution in [0.15, 0.2) is 58.4 Å². The molecule has 2 aromatic carbocycles. The van der Waals surface area contributed by atoms with Crippen LogP contribution in [0.1, 0.15) is 18.4 Å². The van der Waals surface area contributed by atoms with Gasteiger partial charge in [-0.25, -0.2) is 23.1 Å². The molecule has 0 bridgehead atoms. The Hall–Kier alpha value is -3.26. The van der Waals surface area contributed by atoms with Gasteiger partial charge in [0.05, 0.1) is 18.6 Å². The van der Waals surface area contributed by atoms with Gasteiger partial charge in [0.2, 0.25) is 0 Å².